The standard InChI is InChI=1S/C9H15N3/c1-4-7-12(8-5-2)9(10,11)6-3/h3-5H,1-2,7-8,10-11H2. The molecule has 66 valence electrons. The fourth-order valence-corrected chi connectivity index (χ4v) is 0.780. The van der Waals surface area contributed by atoms with Crippen LogP contribution in [0.2, 0.25) is 0 Å². The Morgan fingerprint density at radius 1 is 1.33 bits per heavy atom. The van der Waals surface area contributed by atoms with Crippen LogP contribution in [0.15, 0.2) is 25.3 Å². The van der Waals surface area contributed by atoms with Gasteiger partial charge < -0.3 is 0 Å². The molecule has 0 fully saturated rings. The highest BCUT2D eigenvalue weighted by Gasteiger charge is 2.22. The van der Waals surface area contributed by atoms with Gasteiger partial charge in [-0.15, -0.1) is 19.6 Å². The Labute approximate surface area is 73.7 Å². The molecule has 0 heterocycles. The topological polar surface area (TPSA) is 55.3 Å². The average molecular weight is 165 g/mol. The van der Waals surface area contributed by atoms with Gasteiger partial charge >= 0.3 is 0 Å². The van der Waals surface area contributed by atoms with Crippen molar-refractivity contribution in [1.82, 2.24) is 4.90 Å². The van der Waals surface area contributed by atoms with Crippen molar-refractivity contribution >= 4 is 0 Å². The van der Waals surface area contributed by atoms with Crippen molar-refractivity contribution in [3.63, 3.8) is 0 Å². The monoisotopic (exact) mass is 165 g/mol. The highest BCUT2D eigenvalue weighted by Crippen LogP contribution is 2.00. The van der Waals surface area contributed by atoms with Crippen molar-refractivity contribution in [1.29, 1.82) is 0 Å². The molecule has 4 N–H and O–H groups in total. The highest BCUT2D eigenvalue weighted by atomic mass is 15.3. The Balaban J connectivity index is 4.38. The van der Waals surface area contributed by atoms with E-state index in [1.165, 1.54) is 0 Å². The Bertz CT molecular complexity index is 190. The predicted molar refractivity (Wildman–Crippen MR) is 51.9 cm³/mol. The lowest BCUT2D eigenvalue weighted by atomic mass is 10.3. The summed E-state index contributed by atoms with van der Waals surface area (Å²) in [7, 11) is 0. The molecule has 0 saturated heterocycles. The fourth-order valence-electron chi connectivity index (χ4n) is 0.780. The molecule has 0 aromatic rings. The van der Waals surface area contributed by atoms with Crippen LogP contribution in [-0.4, -0.2) is 23.8 Å². The molecule has 0 aromatic heterocycles. The van der Waals surface area contributed by atoms with Crippen LogP contribution in [0.25, 0.3) is 0 Å². The maximum absolute atomic E-state index is 5.60. The molecule has 0 aliphatic carbocycles. The maximum Gasteiger partial charge on any atom is 0.186 e. The Kier molecular flexibility index (Phi) is 4.30. The van der Waals surface area contributed by atoms with Gasteiger partial charge in [-0.05, 0) is 0 Å². The van der Waals surface area contributed by atoms with Gasteiger partial charge in [-0.25, -0.2) is 0 Å². The average Bonchev–Trinajstić information content (AvgIpc) is 2.04. The first-order valence-corrected chi connectivity index (χ1v) is 3.61. The van der Waals surface area contributed by atoms with Gasteiger partial charge in [0.15, 0.2) is 5.79 Å². The van der Waals surface area contributed by atoms with Crippen molar-refractivity contribution in [2.24, 2.45) is 11.5 Å². The van der Waals surface area contributed by atoms with E-state index in [2.05, 4.69) is 19.1 Å². The van der Waals surface area contributed by atoms with Crippen LogP contribution in [0.4, 0.5) is 0 Å². The summed E-state index contributed by atoms with van der Waals surface area (Å²) in [5.74, 6) is 1.08. The highest BCUT2D eigenvalue weighted by molar-refractivity contribution is 5.08. The summed E-state index contributed by atoms with van der Waals surface area (Å²) in [4.78, 5) is 1.69. The Hall–Kier alpha value is -1.08. The van der Waals surface area contributed by atoms with Crippen LogP contribution in [0.3, 0.4) is 0 Å². The van der Waals surface area contributed by atoms with E-state index < -0.39 is 5.79 Å². The van der Waals surface area contributed by atoms with E-state index in [1.54, 1.807) is 17.1 Å². The second kappa shape index (κ2) is 4.73. The van der Waals surface area contributed by atoms with E-state index in [0.29, 0.717) is 13.1 Å². The molecule has 0 rings (SSSR count). The van der Waals surface area contributed by atoms with Crippen LogP contribution >= 0.6 is 0 Å². The van der Waals surface area contributed by atoms with E-state index in [1.807, 2.05) is 0 Å². The van der Waals surface area contributed by atoms with Crippen molar-refractivity contribution in [2.45, 2.75) is 5.79 Å². The van der Waals surface area contributed by atoms with Crippen LogP contribution in [0.5, 0.6) is 0 Å². The number of terminal acetylenes is 1. The summed E-state index contributed by atoms with van der Waals surface area (Å²) in [6.45, 7) is 8.24. The predicted octanol–water partition coefficient (Wildman–Crippen LogP) is -0.135. The third kappa shape index (κ3) is 2.89. The number of hydrogen-bond acceptors (Lipinski definition) is 3. The molecule has 0 aliphatic heterocycles. The summed E-state index contributed by atoms with van der Waals surface area (Å²) in [6.07, 6.45) is 8.54. The third-order valence-corrected chi connectivity index (χ3v) is 1.45. The van der Waals surface area contributed by atoms with Gasteiger partial charge in [0.05, 0.1) is 0 Å². The largest absolute Gasteiger partial charge is 0.290 e. The quantitative estimate of drug-likeness (QED) is 0.339. The second-order valence-corrected chi connectivity index (χ2v) is 2.45. The summed E-state index contributed by atoms with van der Waals surface area (Å²) < 4.78 is 0. The van der Waals surface area contributed by atoms with Gasteiger partial charge in [-0.2, -0.15) is 0 Å². The molecule has 0 radical (unpaired) electrons. The number of rotatable bonds is 5. The minimum absolute atomic E-state index is 0.545. The zero-order valence-electron chi connectivity index (χ0n) is 7.16. The van der Waals surface area contributed by atoms with Crippen molar-refractivity contribution in [3.05, 3.63) is 25.3 Å². The smallest absolute Gasteiger partial charge is 0.186 e. The molecular weight excluding hydrogens is 150 g/mol. The Morgan fingerprint density at radius 2 is 1.75 bits per heavy atom. The molecule has 0 aromatic carbocycles. The van der Waals surface area contributed by atoms with Crippen LogP contribution in [0, 0.1) is 12.3 Å². The van der Waals surface area contributed by atoms with Gasteiger partial charge in [0.1, 0.15) is 0 Å². The summed E-state index contributed by atoms with van der Waals surface area (Å²) in [6, 6.07) is 0. The van der Waals surface area contributed by atoms with Crippen molar-refractivity contribution in [3.8, 4) is 12.3 Å². The van der Waals surface area contributed by atoms with Crippen LogP contribution < -0.4 is 11.5 Å². The molecule has 0 spiro atoms. The lowest BCUT2D eigenvalue weighted by molar-refractivity contribution is 0.187. The summed E-state index contributed by atoms with van der Waals surface area (Å²) in [5.41, 5.74) is 11.2. The van der Waals surface area contributed by atoms with E-state index in [9.17, 15) is 0 Å². The lowest BCUT2D eigenvalue weighted by Crippen LogP contribution is -2.62. The first-order valence-electron chi connectivity index (χ1n) is 3.61. The minimum Gasteiger partial charge on any atom is -0.290 e. The van der Waals surface area contributed by atoms with E-state index in [0.717, 1.165) is 0 Å². The lowest BCUT2D eigenvalue weighted by Gasteiger charge is -2.31. The maximum atomic E-state index is 5.60. The number of nitrogens with two attached hydrogens (primary N) is 2. The first-order chi connectivity index (χ1) is 5.58. The second-order valence-electron chi connectivity index (χ2n) is 2.45. The molecule has 0 unspecified atom stereocenters. The van der Waals surface area contributed by atoms with Gasteiger partial charge in [0.25, 0.3) is 0 Å². The molecule has 12 heavy (non-hydrogen) atoms. The van der Waals surface area contributed by atoms with E-state index >= 15 is 0 Å². The molecule has 0 atom stereocenters. The Morgan fingerprint density at radius 3 is 2.00 bits per heavy atom. The van der Waals surface area contributed by atoms with Gasteiger partial charge in [0.2, 0.25) is 0 Å². The number of nitrogens with zero attached hydrogens (tertiary/aromatic N) is 1. The zero-order valence-corrected chi connectivity index (χ0v) is 7.16. The first kappa shape index (κ1) is 10.9. The van der Waals surface area contributed by atoms with Crippen LogP contribution in [0.1, 0.15) is 0 Å². The molecule has 3 heteroatoms. The van der Waals surface area contributed by atoms with Crippen molar-refractivity contribution < 1.29 is 0 Å². The molecule has 0 aliphatic rings. The molecule has 0 saturated carbocycles. The summed E-state index contributed by atoms with van der Waals surface area (Å²) >= 11 is 0. The molecule has 0 amide bonds. The van der Waals surface area contributed by atoms with E-state index in [-0.39, 0.29) is 0 Å². The van der Waals surface area contributed by atoms with E-state index in [4.69, 9.17) is 17.9 Å². The minimum atomic E-state index is -1.22. The summed E-state index contributed by atoms with van der Waals surface area (Å²) in [5, 5.41) is 0. The van der Waals surface area contributed by atoms with Crippen LogP contribution in [-0.2, 0) is 0 Å². The normalized spacial score (nSPS) is 10.8. The van der Waals surface area contributed by atoms with Gasteiger partial charge in [-0.3, -0.25) is 16.4 Å². The molecule has 0 bridgehead atoms. The number of hydrogen-bond donors (Lipinski definition) is 2. The fraction of sp³-hybridized carbons (Fsp3) is 0.333. The van der Waals surface area contributed by atoms with Crippen molar-refractivity contribution in [2.75, 3.05) is 13.1 Å². The van der Waals surface area contributed by atoms with Gasteiger partial charge in [0, 0.05) is 13.1 Å². The third-order valence-electron chi connectivity index (χ3n) is 1.45. The molecule has 3 nitrogen and oxygen atoms in total. The zero-order chi connectivity index (χ0) is 9.61. The molecular formula is C9H15N3. The van der Waals surface area contributed by atoms with Gasteiger partial charge in [-0.1, -0.05) is 18.1 Å². The SMILES string of the molecule is C#CC(N)(N)N(CC=C)CC=C.